The second-order valence-electron chi connectivity index (χ2n) is 9.32. The molecule has 0 atom stereocenters. The van der Waals surface area contributed by atoms with E-state index < -0.39 is 0 Å². The van der Waals surface area contributed by atoms with E-state index >= 15 is 0 Å². The normalized spacial score (nSPS) is 11.9. The van der Waals surface area contributed by atoms with Crippen molar-refractivity contribution in [3.63, 3.8) is 0 Å². The zero-order valence-corrected chi connectivity index (χ0v) is 19.3. The lowest BCUT2D eigenvalue weighted by molar-refractivity contribution is 1.23. The molecular formula is C33H19N3. The molecule has 0 bridgehead atoms. The van der Waals surface area contributed by atoms with E-state index in [1.807, 2.05) is 18.5 Å². The third-order valence-electron chi connectivity index (χ3n) is 7.31. The second kappa shape index (κ2) is 7.30. The lowest BCUT2D eigenvalue weighted by atomic mass is 9.90. The topological polar surface area (TPSA) is 38.7 Å². The summed E-state index contributed by atoms with van der Waals surface area (Å²) in [5, 5.41) is 9.89. The van der Waals surface area contributed by atoms with Gasteiger partial charge in [-0.3, -0.25) is 4.98 Å². The molecule has 0 spiro atoms. The Hall–Kier alpha value is -4.89. The van der Waals surface area contributed by atoms with Crippen LogP contribution >= 0.6 is 0 Å². The van der Waals surface area contributed by atoms with E-state index in [-0.39, 0.29) is 0 Å². The van der Waals surface area contributed by atoms with Gasteiger partial charge in [0.25, 0.3) is 0 Å². The smallest absolute Gasteiger partial charge is 0.159 e. The molecule has 0 fully saturated rings. The average molecular weight is 458 g/mol. The number of fused-ring (bicyclic) bond motifs is 3. The minimum Gasteiger partial charge on any atom is -0.254 e. The predicted octanol–water partition coefficient (Wildman–Crippen LogP) is 8.41. The fraction of sp³-hybridized carbons (Fsp3) is 0. The van der Waals surface area contributed by atoms with Crippen LogP contribution in [-0.2, 0) is 0 Å². The monoisotopic (exact) mass is 457 g/mol. The molecule has 8 aromatic rings. The molecule has 8 rings (SSSR count). The number of rotatable bonds is 2. The van der Waals surface area contributed by atoms with Crippen molar-refractivity contribution in [1.82, 2.24) is 15.0 Å². The van der Waals surface area contributed by atoms with Gasteiger partial charge in [-0.05, 0) is 49.5 Å². The maximum Gasteiger partial charge on any atom is 0.159 e. The van der Waals surface area contributed by atoms with Gasteiger partial charge in [-0.2, -0.15) is 0 Å². The third-order valence-corrected chi connectivity index (χ3v) is 7.31. The highest BCUT2D eigenvalue weighted by molar-refractivity contribution is 6.25. The number of aromatic nitrogens is 3. The third kappa shape index (κ3) is 2.77. The predicted molar refractivity (Wildman–Crippen MR) is 149 cm³/mol. The molecule has 0 amide bonds. The highest BCUT2D eigenvalue weighted by atomic mass is 14.9. The van der Waals surface area contributed by atoms with Crippen LogP contribution in [0.3, 0.4) is 0 Å². The Balaban J connectivity index is 1.27. The summed E-state index contributed by atoms with van der Waals surface area (Å²) in [4.78, 5) is 14.1. The van der Waals surface area contributed by atoms with E-state index in [1.165, 1.54) is 43.4 Å². The van der Waals surface area contributed by atoms with E-state index in [9.17, 15) is 0 Å². The highest BCUT2D eigenvalue weighted by Crippen LogP contribution is 2.39. The number of benzene rings is 6. The van der Waals surface area contributed by atoms with Crippen LogP contribution in [0.4, 0.5) is 0 Å². The van der Waals surface area contributed by atoms with Crippen LogP contribution in [0.2, 0.25) is 0 Å². The molecule has 3 heteroatoms. The Morgan fingerprint density at radius 3 is 1.97 bits per heavy atom. The zero-order chi connectivity index (χ0) is 23.6. The van der Waals surface area contributed by atoms with Crippen LogP contribution < -0.4 is 0 Å². The van der Waals surface area contributed by atoms with E-state index in [0.717, 1.165) is 27.4 Å². The van der Waals surface area contributed by atoms with Gasteiger partial charge in [0.1, 0.15) is 5.52 Å². The Bertz CT molecular complexity index is 2080. The van der Waals surface area contributed by atoms with Crippen LogP contribution in [-0.4, -0.2) is 15.0 Å². The van der Waals surface area contributed by atoms with Crippen molar-refractivity contribution < 1.29 is 0 Å². The van der Waals surface area contributed by atoms with Gasteiger partial charge in [0.15, 0.2) is 5.82 Å². The minimum absolute atomic E-state index is 0.711. The lowest BCUT2D eigenvalue weighted by Crippen LogP contribution is -1.92. The summed E-state index contributed by atoms with van der Waals surface area (Å²) in [5.74, 6) is 0.711. The highest BCUT2D eigenvalue weighted by Gasteiger charge is 2.13. The first kappa shape index (κ1) is 19.4. The quantitative estimate of drug-likeness (QED) is 0.245. The van der Waals surface area contributed by atoms with Gasteiger partial charge >= 0.3 is 0 Å². The molecule has 0 aliphatic heterocycles. The summed E-state index contributed by atoms with van der Waals surface area (Å²) in [6.45, 7) is 0. The fourth-order valence-corrected chi connectivity index (χ4v) is 5.56. The number of hydrogen-bond donors (Lipinski definition) is 0. The molecule has 0 saturated heterocycles. The summed E-state index contributed by atoms with van der Waals surface area (Å²) in [7, 11) is 0. The lowest BCUT2D eigenvalue weighted by Gasteiger charge is -2.14. The van der Waals surface area contributed by atoms with Gasteiger partial charge in [0.2, 0.25) is 0 Å². The standard InChI is InChI=1S/C33H19N3/c1-3-21-8-9-23-14-16-27(28-17-15-22(4-1)29(21)30(23)28)20-6-11-25(12-7-20)33-35-19-26-13-10-24-5-2-18-34-31(24)32(26)36-33/h1-19H. The van der Waals surface area contributed by atoms with Crippen molar-refractivity contribution >= 4 is 54.1 Å². The maximum absolute atomic E-state index is 4.91. The minimum atomic E-state index is 0.711. The molecule has 166 valence electrons. The van der Waals surface area contributed by atoms with E-state index in [1.54, 1.807) is 0 Å². The molecule has 2 heterocycles. The van der Waals surface area contributed by atoms with Crippen LogP contribution in [0.25, 0.3) is 76.6 Å². The van der Waals surface area contributed by atoms with Gasteiger partial charge in [-0.25, -0.2) is 9.97 Å². The van der Waals surface area contributed by atoms with Crippen molar-refractivity contribution in [3.8, 4) is 22.5 Å². The van der Waals surface area contributed by atoms with E-state index in [2.05, 4.69) is 107 Å². The number of hydrogen-bond acceptors (Lipinski definition) is 3. The first-order valence-corrected chi connectivity index (χ1v) is 12.1. The molecule has 0 aliphatic carbocycles. The molecule has 0 unspecified atom stereocenters. The van der Waals surface area contributed by atoms with Gasteiger partial charge in [0.05, 0.1) is 5.52 Å². The van der Waals surface area contributed by atoms with E-state index in [4.69, 9.17) is 4.98 Å². The molecule has 3 nitrogen and oxygen atoms in total. The fourth-order valence-electron chi connectivity index (χ4n) is 5.56. The van der Waals surface area contributed by atoms with Crippen molar-refractivity contribution in [1.29, 1.82) is 0 Å². The van der Waals surface area contributed by atoms with Crippen molar-refractivity contribution in [2.75, 3.05) is 0 Å². The Morgan fingerprint density at radius 1 is 0.444 bits per heavy atom. The first-order chi connectivity index (χ1) is 17.8. The summed E-state index contributed by atoms with van der Waals surface area (Å²) in [6.07, 6.45) is 3.70. The number of pyridine rings is 1. The Morgan fingerprint density at radius 2 is 1.11 bits per heavy atom. The number of nitrogens with zero attached hydrogens (tertiary/aromatic N) is 3. The molecule has 0 N–H and O–H groups in total. The summed E-state index contributed by atoms with van der Waals surface area (Å²) < 4.78 is 0. The Labute approximate surface area is 207 Å². The first-order valence-electron chi connectivity index (χ1n) is 12.1. The van der Waals surface area contributed by atoms with Gasteiger partial charge < -0.3 is 0 Å². The van der Waals surface area contributed by atoms with Gasteiger partial charge in [-0.15, -0.1) is 0 Å². The van der Waals surface area contributed by atoms with Crippen LogP contribution in [0.1, 0.15) is 0 Å². The SMILES string of the molecule is c1cnc2c(c1)ccc1cnc(-c3ccc(-c4ccc5ccc6cccc7ccc4c5c67)cc3)nc12. The zero-order valence-electron chi connectivity index (χ0n) is 19.3. The van der Waals surface area contributed by atoms with Crippen molar-refractivity contribution in [2.24, 2.45) is 0 Å². The molecule has 2 aromatic heterocycles. The molecular weight excluding hydrogens is 438 g/mol. The van der Waals surface area contributed by atoms with Gasteiger partial charge in [-0.1, -0.05) is 97.1 Å². The van der Waals surface area contributed by atoms with Crippen molar-refractivity contribution in [3.05, 3.63) is 116 Å². The van der Waals surface area contributed by atoms with E-state index in [0.29, 0.717) is 5.82 Å². The molecule has 36 heavy (non-hydrogen) atoms. The largest absolute Gasteiger partial charge is 0.254 e. The average Bonchev–Trinajstić information content (AvgIpc) is 2.95. The van der Waals surface area contributed by atoms with Gasteiger partial charge in [0, 0.05) is 28.7 Å². The maximum atomic E-state index is 4.91. The molecule has 0 radical (unpaired) electrons. The van der Waals surface area contributed by atoms with Crippen LogP contribution in [0.5, 0.6) is 0 Å². The van der Waals surface area contributed by atoms with Crippen LogP contribution in [0, 0.1) is 0 Å². The van der Waals surface area contributed by atoms with Crippen LogP contribution in [0.15, 0.2) is 116 Å². The van der Waals surface area contributed by atoms with Crippen molar-refractivity contribution in [2.45, 2.75) is 0 Å². The molecule has 0 aliphatic rings. The summed E-state index contributed by atoms with van der Waals surface area (Å²) in [6, 6.07) is 36.7. The molecule has 6 aromatic carbocycles. The summed E-state index contributed by atoms with van der Waals surface area (Å²) >= 11 is 0. The summed E-state index contributed by atoms with van der Waals surface area (Å²) in [5.41, 5.74) is 5.20. The second-order valence-corrected chi connectivity index (χ2v) is 9.32. The molecule has 0 saturated carbocycles. The Kier molecular flexibility index (Phi) is 3.94.